The van der Waals surface area contributed by atoms with Gasteiger partial charge in [0.05, 0.1) is 11.4 Å². The molecule has 1 aliphatic rings. The lowest BCUT2D eigenvalue weighted by atomic mass is 10.1. The van der Waals surface area contributed by atoms with Crippen molar-refractivity contribution in [3.63, 3.8) is 0 Å². The zero-order chi connectivity index (χ0) is 15.6. The summed E-state index contributed by atoms with van der Waals surface area (Å²) in [4.78, 5) is 9.24. The Morgan fingerprint density at radius 1 is 0.826 bits per heavy atom. The lowest BCUT2D eigenvalue weighted by Gasteiger charge is -2.08. The van der Waals surface area contributed by atoms with Gasteiger partial charge in [-0.2, -0.15) is 0 Å². The summed E-state index contributed by atoms with van der Waals surface area (Å²) in [6.45, 7) is 0.272. The van der Waals surface area contributed by atoms with Crippen molar-refractivity contribution in [2.45, 2.75) is 5.16 Å². The molecule has 0 bridgehead atoms. The minimum Gasteiger partial charge on any atom is -0.454 e. The van der Waals surface area contributed by atoms with Crippen LogP contribution in [0.1, 0.15) is 0 Å². The zero-order valence-electron chi connectivity index (χ0n) is 12.5. The van der Waals surface area contributed by atoms with E-state index in [-0.39, 0.29) is 6.79 Å². The van der Waals surface area contributed by atoms with Crippen LogP contribution >= 0.6 is 11.8 Å². The number of benzene rings is 2. The zero-order valence-corrected chi connectivity index (χ0v) is 13.3. The number of nitrogens with zero attached hydrogens (tertiary/aromatic N) is 2. The van der Waals surface area contributed by atoms with Crippen LogP contribution in [0.3, 0.4) is 0 Å². The largest absolute Gasteiger partial charge is 0.454 e. The van der Waals surface area contributed by atoms with Crippen molar-refractivity contribution in [1.82, 2.24) is 9.97 Å². The Morgan fingerprint density at radius 2 is 1.57 bits per heavy atom. The van der Waals surface area contributed by atoms with E-state index in [9.17, 15) is 0 Å². The molecule has 0 unspecified atom stereocenters. The van der Waals surface area contributed by atoms with E-state index in [1.807, 2.05) is 48.7 Å². The lowest BCUT2D eigenvalue weighted by Crippen LogP contribution is -1.94. The van der Waals surface area contributed by atoms with E-state index in [4.69, 9.17) is 9.47 Å². The predicted octanol–water partition coefficient (Wildman–Crippen LogP) is 4.26. The van der Waals surface area contributed by atoms with Crippen LogP contribution in [0.4, 0.5) is 0 Å². The first kappa shape index (κ1) is 14.1. The molecule has 4 rings (SSSR count). The van der Waals surface area contributed by atoms with Gasteiger partial charge < -0.3 is 9.47 Å². The number of thioether (sulfide) groups is 1. The van der Waals surface area contributed by atoms with Gasteiger partial charge >= 0.3 is 0 Å². The van der Waals surface area contributed by atoms with E-state index in [1.54, 1.807) is 0 Å². The molecule has 0 spiro atoms. The van der Waals surface area contributed by atoms with Crippen molar-refractivity contribution in [2.24, 2.45) is 0 Å². The van der Waals surface area contributed by atoms with Gasteiger partial charge in [-0.25, -0.2) is 9.97 Å². The van der Waals surface area contributed by atoms with Gasteiger partial charge in [-0.05, 0) is 30.5 Å². The minimum absolute atomic E-state index is 0.272. The van der Waals surface area contributed by atoms with E-state index in [2.05, 4.69) is 22.1 Å². The lowest BCUT2D eigenvalue weighted by molar-refractivity contribution is 0.174. The third kappa shape index (κ3) is 2.75. The maximum Gasteiger partial charge on any atom is 0.231 e. The summed E-state index contributed by atoms with van der Waals surface area (Å²) in [6, 6.07) is 18.0. The van der Waals surface area contributed by atoms with Gasteiger partial charge in [0.25, 0.3) is 0 Å². The van der Waals surface area contributed by atoms with Gasteiger partial charge in [0.1, 0.15) is 0 Å². The number of hydrogen-bond donors (Lipinski definition) is 0. The van der Waals surface area contributed by atoms with E-state index in [0.717, 1.165) is 39.2 Å². The number of rotatable bonds is 3. The molecular formula is C18H14N2O2S. The first-order chi connectivity index (χ1) is 11.3. The molecule has 0 atom stereocenters. The van der Waals surface area contributed by atoms with Crippen LogP contribution in [0.25, 0.3) is 22.5 Å². The fraction of sp³-hybridized carbons (Fsp3) is 0.111. The monoisotopic (exact) mass is 322 g/mol. The Kier molecular flexibility index (Phi) is 3.63. The summed E-state index contributed by atoms with van der Waals surface area (Å²) < 4.78 is 10.8. The third-order valence-corrected chi connectivity index (χ3v) is 4.17. The molecule has 2 aromatic carbocycles. The fourth-order valence-corrected chi connectivity index (χ4v) is 2.86. The van der Waals surface area contributed by atoms with Crippen LogP contribution in [-0.2, 0) is 0 Å². The standard InChI is InChI=1S/C18H14N2O2S/c1-23-18-19-14(12-5-3-2-4-6-12)10-15(20-18)13-7-8-16-17(9-13)22-11-21-16/h2-10H,11H2,1H3. The van der Waals surface area contributed by atoms with Gasteiger partial charge in [0.15, 0.2) is 16.7 Å². The Labute approximate surface area is 138 Å². The number of ether oxygens (including phenoxy) is 2. The van der Waals surface area contributed by atoms with Crippen LogP contribution < -0.4 is 9.47 Å². The summed E-state index contributed by atoms with van der Waals surface area (Å²) in [5.41, 5.74) is 3.86. The second kappa shape index (κ2) is 5.93. The molecule has 0 amide bonds. The summed E-state index contributed by atoms with van der Waals surface area (Å²) in [6.07, 6.45) is 1.98. The Morgan fingerprint density at radius 3 is 2.35 bits per heavy atom. The average molecular weight is 322 g/mol. The summed E-state index contributed by atoms with van der Waals surface area (Å²) in [5.74, 6) is 1.53. The highest BCUT2D eigenvalue weighted by molar-refractivity contribution is 7.98. The molecule has 0 saturated carbocycles. The molecule has 5 heteroatoms. The first-order valence-electron chi connectivity index (χ1n) is 7.22. The molecule has 114 valence electrons. The van der Waals surface area contributed by atoms with Crippen molar-refractivity contribution >= 4 is 11.8 Å². The molecule has 0 aliphatic carbocycles. The average Bonchev–Trinajstić information content (AvgIpc) is 3.09. The van der Waals surface area contributed by atoms with E-state index in [0.29, 0.717) is 0 Å². The van der Waals surface area contributed by atoms with Gasteiger partial charge in [0.2, 0.25) is 6.79 Å². The molecular weight excluding hydrogens is 308 g/mol. The van der Waals surface area contributed by atoms with Crippen molar-refractivity contribution in [1.29, 1.82) is 0 Å². The van der Waals surface area contributed by atoms with Crippen LogP contribution in [0, 0.1) is 0 Å². The SMILES string of the molecule is CSc1nc(-c2ccccc2)cc(-c2ccc3c(c2)OCO3)n1. The Bertz CT molecular complexity index is 853. The fourth-order valence-electron chi connectivity index (χ4n) is 2.48. The van der Waals surface area contributed by atoms with Gasteiger partial charge in [-0.15, -0.1) is 0 Å². The Balaban J connectivity index is 1.82. The molecule has 3 aromatic rings. The first-order valence-corrected chi connectivity index (χ1v) is 8.44. The molecule has 4 nitrogen and oxygen atoms in total. The number of aromatic nitrogens is 2. The van der Waals surface area contributed by atoms with Crippen molar-refractivity contribution < 1.29 is 9.47 Å². The summed E-state index contributed by atoms with van der Waals surface area (Å²) >= 11 is 1.53. The van der Waals surface area contributed by atoms with Crippen molar-refractivity contribution in [3.8, 4) is 34.0 Å². The minimum atomic E-state index is 0.272. The van der Waals surface area contributed by atoms with Gasteiger partial charge in [0, 0.05) is 11.1 Å². The predicted molar refractivity (Wildman–Crippen MR) is 90.8 cm³/mol. The second-order valence-corrected chi connectivity index (χ2v) is 5.83. The maximum atomic E-state index is 5.46. The molecule has 1 aromatic heterocycles. The smallest absolute Gasteiger partial charge is 0.231 e. The maximum absolute atomic E-state index is 5.46. The van der Waals surface area contributed by atoms with Gasteiger partial charge in [-0.3, -0.25) is 0 Å². The molecule has 23 heavy (non-hydrogen) atoms. The highest BCUT2D eigenvalue weighted by Gasteiger charge is 2.15. The number of hydrogen-bond acceptors (Lipinski definition) is 5. The summed E-state index contributed by atoms with van der Waals surface area (Å²) in [7, 11) is 0. The van der Waals surface area contributed by atoms with E-state index >= 15 is 0 Å². The van der Waals surface area contributed by atoms with Gasteiger partial charge in [-0.1, -0.05) is 42.1 Å². The third-order valence-electron chi connectivity index (χ3n) is 3.63. The summed E-state index contributed by atoms with van der Waals surface area (Å²) in [5, 5.41) is 0.749. The normalized spacial score (nSPS) is 12.4. The van der Waals surface area contributed by atoms with Crippen LogP contribution in [-0.4, -0.2) is 23.0 Å². The van der Waals surface area contributed by atoms with Crippen LogP contribution in [0.5, 0.6) is 11.5 Å². The van der Waals surface area contributed by atoms with Crippen molar-refractivity contribution in [2.75, 3.05) is 13.0 Å². The van der Waals surface area contributed by atoms with E-state index < -0.39 is 0 Å². The van der Waals surface area contributed by atoms with Crippen LogP contribution in [0.2, 0.25) is 0 Å². The Hall–Kier alpha value is -2.53. The molecule has 0 saturated heterocycles. The van der Waals surface area contributed by atoms with E-state index in [1.165, 1.54) is 11.8 Å². The molecule has 0 N–H and O–H groups in total. The molecule has 0 radical (unpaired) electrons. The highest BCUT2D eigenvalue weighted by atomic mass is 32.2. The topological polar surface area (TPSA) is 44.2 Å². The highest BCUT2D eigenvalue weighted by Crippen LogP contribution is 2.36. The quantitative estimate of drug-likeness (QED) is 0.532. The molecule has 1 aliphatic heterocycles. The molecule has 2 heterocycles. The van der Waals surface area contributed by atoms with Crippen molar-refractivity contribution in [3.05, 3.63) is 54.6 Å². The molecule has 0 fully saturated rings. The van der Waals surface area contributed by atoms with Crippen LogP contribution in [0.15, 0.2) is 59.8 Å². The number of fused-ring (bicyclic) bond motifs is 1. The second-order valence-electron chi connectivity index (χ2n) is 5.06.